The van der Waals surface area contributed by atoms with Crippen LogP contribution in [0.25, 0.3) is 0 Å². The average Bonchev–Trinajstić information content (AvgIpc) is 2.27. The van der Waals surface area contributed by atoms with Crippen LogP contribution in [0.3, 0.4) is 0 Å². The minimum Gasteiger partial charge on any atom is -0.465 e. The average molecular weight is 322 g/mol. The molecule has 0 unspecified atom stereocenters. The first-order valence-electron chi connectivity index (χ1n) is 4.86. The summed E-state index contributed by atoms with van der Waals surface area (Å²) in [4.78, 5) is 11.5. The highest BCUT2D eigenvalue weighted by molar-refractivity contribution is 9.10. The van der Waals surface area contributed by atoms with E-state index in [1.165, 1.54) is 7.11 Å². The van der Waals surface area contributed by atoms with E-state index < -0.39 is 8.07 Å². The van der Waals surface area contributed by atoms with E-state index in [9.17, 15) is 4.79 Å². The van der Waals surface area contributed by atoms with Crippen molar-refractivity contribution in [3.8, 4) is 0 Å². The molecule has 88 valence electrons. The predicted molar refractivity (Wildman–Crippen MR) is 73.3 cm³/mol. The summed E-state index contributed by atoms with van der Waals surface area (Å²) in [5.41, 5.74) is 1.20. The van der Waals surface area contributed by atoms with Gasteiger partial charge in [0.2, 0.25) is 0 Å². The van der Waals surface area contributed by atoms with Crippen molar-refractivity contribution in [3.05, 3.63) is 28.2 Å². The van der Waals surface area contributed by atoms with Crippen LogP contribution in [0.4, 0.5) is 0 Å². The van der Waals surface area contributed by atoms with Crippen molar-refractivity contribution in [1.82, 2.24) is 0 Å². The van der Waals surface area contributed by atoms with Crippen molar-refractivity contribution >= 4 is 46.8 Å². The second kappa shape index (κ2) is 5.34. The molecule has 0 aromatic heterocycles. The normalized spacial score (nSPS) is 11.3. The summed E-state index contributed by atoms with van der Waals surface area (Å²) in [6.45, 7) is 4.34. The maximum atomic E-state index is 11.5. The Balaban J connectivity index is 3.23. The third-order valence-electron chi connectivity index (χ3n) is 2.43. The molecule has 0 amide bonds. The molecule has 0 saturated carbocycles. The van der Waals surface area contributed by atoms with Crippen LogP contribution in [0.5, 0.6) is 0 Å². The van der Waals surface area contributed by atoms with Gasteiger partial charge >= 0.3 is 5.97 Å². The van der Waals surface area contributed by atoms with Crippen LogP contribution < -0.4 is 5.19 Å². The SMILES string of the molecule is COC(=O)c1cc(Br)cc([Si](C)(C)CCl)c1. The van der Waals surface area contributed by atoms with Gasteiger partial charge in [-0.25, -0.2) is 4.79 Å². The lowest BCUT2D eigenvalue weighted by atomic mass is 10.2. The molecule has 0 saturated heterocycles. The van der Waals surface area contributed by atoms with Gasteiger partial charge in [-0.15, -0.1) is 11.6 Å². The molecule has 0 radical (unpaired) electrons. The molecule has 2 nitrogen and oxygen atoms in total. The van der Waals surface area contributed by atoms with Crippen molar-refractivity contribution in [2.24, 2.45) is 0 Å². The Morgan fingerprint density at radius 1 is 1.44 bits per heavy atom. The summed E-state index contributed by atoms with van der Waals surface area (Å²) >= 11 is 9.38. The molecule has 16 heavy (non-hydrogen) atoms. The highest BCUT2D eigenvalue weighted by Crippen LogP contribution is 2.15. The van der Waals surface area contributed by atoms with Gasteiger partial charge in [0, 0.05) is 9.98 Å². The molecular formula is C11H14BrClO2Si. The molecule has 0 aliphatic heterocycles. The van der Waals surface area contributed by atoms with Gasteiger partial charge in [-0.1, -0.05) is 34.2 Å². The van der Waals surface area contributed by atoms with Crippen molar-refractivity contribution in [3.63, 3.8) is 0 Å². The van der Waals surface area contributed by atoms with Gasteiger partial charge in [0.05, 0.1) is 20.7 Å². The Morgan fingerprint density at radius 2 is 2.06 bits per heavy atom. The van der Waals surface area contributed by atoms with Crippen LogP contribution in [-0.2, 0) is 4.74 Å². The maximum absolute atomic E-state index is 11.5. The Hall–Kier alpha value is -0.323. The Bertz CT molecular complexity index is 407. The zero-order valence-electron chi connectivity index (χ0n) is 9.51. The van der Waals surface area contributed by atoms with Crippen molar-refractivity contribution < 1.29 is 9.53 Å². The molecule has 1 rings (SSSR count). The van der Waals surface area contributed by atoms with Crippen LogP contribution in [0, 0.1) is 0 Å². The molecule has 0 fully saturated rings. The van der Waals surface area contributed by atoms with Crippen LogP contribution in [-0.4, -0.2) is 26.7 Å². The summed E-state index contributed by atoms with van der Waals surface area (Å²) in [7, 11) is -0.265. The lowest BCUT2D eigenvalue weighted by Gasteiger charge is -2.20. The molecular weight excluding hydrogens is 308 g/mol. The number of alkyl halides is 1. The zero-order valence-corrected chi connectivity index (χ0v) is 12.9. The summed E-state index contributed by atoms with van der Waals surface area (Å²) in [6.07, 6.45) is 0. The van der Waals surface area contributed by atoms with Gasteiger partial charge in [0.15, 0.2) is 0 Å². The molecule has 1 aromatic carbocycles. The number of benzene rings is 1. The smallest absolute Gasteiger partial charge is 0.337 e. The van der Waals surface area contributed by atoms with E-state index in [4.69, 9.17) is 16.3 Å². The van der Waals surface area contributed by atoms with Gasteiger partial charge in [-0.3, -0.25) is 0 Å². The molecule has 0 N–H and O–H groups in total. The van der Waals surface area contributed by atoms with Gasteiger partial charge in [0.1, 0.15) is 0 Å². The summed E-state index contributed by atoms with van der Waals surface area (Å²) in [5.74, 6) is -0.318. The van der Waals surface area contributed by atoms with E-state index in [2.05, 4.69) is 29.0 Å². The van der Waals surface area contributed by atoms with Crippen LogP contribution in [0.15, 0.2) is 22.7 Å². The minimum atomic E-state index is -1.65. The zero-order chi connectivity index (χ0) is 12.3. The molecule has 0 bridgehead atoms. The molecule has 0 heterocycles. The Labute approximate surface area is 110 Å². The first-order valence-corrected chi connectivity index (χ1v) is 9.39. The van der Waals surface area contributed by atoms with E-state index in [0.29, 0.717) is 11.1 Å². The maximum Gasteiger partial charge on any atom is 0.337 e. The van der Waals surface area contributed by atoms with Gasteiger partial charge < -0.3 is 4.74 Å². The van der Waals surface area contributed by atoms with Crippen molar-refractivity contribution in [1.29, 1.82) is 0 Å². The van der Waals surface area contributed by atoms with E-state index in [1.807, 2.05) is 12.1 Å². The molecule has 0 spiro atoms. The van der Waals surface area contributed by atoms with Gasteiger partial charge in [-0.2, -0.15) is 0 Å². The third-order valence-corrected chi connectivity index (χ3v) is 7.42. The first kappa shape index (κ1) is 13.7. The quantitative estimate of drug-likeness (QED) is 0.486. The summed E-state index contributed by atoms with van der Waals surface area (Å²) < 4.78 is 5.60. The summed E-state index contributed by atoms with van der Waals surface area (Å²) in [6, 6.07) is 5.67. The monoisotopic (exact) mass is 320 g/mol. The van der Waals surface area contributed by atoms with Crippen LogP contribution in [0.2, 0.25) is 13.1 Å². The number of rotatable bonds is 3. The third kappa shape index (κ3) is 3.09. The van der Waals surface area contributed by atoms with Crippen molar-refractivity contribution in [2.75, 3.05) is 12.6 Å². The number of carbonyl (C=O) groups excluding carboxylic acids is 1. The minimum absolute atomic E-state index is 0.318. The number of carbonyl (C=O) groups is 1. The first-order chi connectivity index (χ1) is 7.40. The van der Waals surface area contributed by atoms with E-state index in [0.717, 1.165) is 9.66 Å². The highest BCUT2D eigenvalue weighted by Gasteiger charge is 2.24. The number of halogens is 2. The number of hydrogen-bond donors (Lipinski definition) is 0. The molecule has 0 aliphatic carbocycles. The van der Waals surface area contributed by atoms with E-state index in [1.54, 1.807) is 6.07 Å². The van der Waals surface area contributed by atoms with Gasteiger partial charge in [0.25, 0.3) is 0 Å². The topological polar surface area (TPSA) is 26.3 Å². The van der Waals surface area contributed by atoms with Gasteiger partial charge in [-0.05, 0) is 18.2 Å². The number of ether oxygens (including phenoxy) is 1. The Kier molecular flexibility index (Phi) is 4.58. The number of hydrogen-bond acceptors (Lipinski definition) is 2. The molecule has 0 aliphatic rings. The summed E-state index contributed by atoms with van der Waals surface area (Å²) in [5, 5.41) is 1.15. The van der Waals surface area contributed by atoms with E-state index >= 15 is 0 Å². The lowest BCUT2D eigenvalue weighted by Crippen LogP contribution is -2.44. The largest absolute Gasteiger partial charge is 0.465 e. The fourth-order valence-corrected chi connectivity index (χ4v) is 3.71. The number of methoxy groups -OCH3 is 1. The van der Waals surface area contributed by atoms with Crippen molar-refractivity contribution in [2.45, 2.75) is 13.1 Å². The second-order valence-corrected chi connectivity index (χ2v) is 10.6. The standard InChI is InChI=1S/C11H14BrClO2Si/c1-15-11(14)8-4-9(12)6-10(5-8)16(2,3)7-13/h4-6H,7H2,1-3H3. The van der Waals surface area contributed by atoms with Crippen LogP contribution >= 0.6 is 27.5 Å². The number of esters is 1. The lowest BCUT2D eigenvalue weighted by molar-refractivity contribution is 0.0601. The fourth-order valence-electron chi connectivity index (χ4n) is 1.29. The Morgan fingerprint density at radius 3 is 2.56 bits per heavy atom. The fraction of sp³-hybridized carbons (Fsp3) is 0.364. The van der Waals surface area contributed by atoms with Crippen LogP contribution in [0.1, 0.15) is 10.4 Å². The molecule has 1 aromatic rings. The molecule has 0 atom stereocenters. The second-order valence-electron chi connectivity index (χ2n) is 4.24. The highest BCUT2D eigenvalue weighted by atomic mass is 79.9. The van der Waals surface area contributed by atoms with E-state index in [-0.39, 0.29) is 5.97 Å². The molecule has 5 heteroatoms. The predicted octanol–water partition coefficient (Wildman–Crippen LogP) is 2.93.